The van der Waals surface area contributed by atoms with Gasteiger partial charge in [-0.05, 0) is 41.3 Å². The summed E-state index contributed by atoms with van der Waals surface area (Å²) in [7, 11) is 0. The van der Waals surface area contributed by atoms with Crippen molar-refractivity contribution in [3.05, 3.63) is 72.3 Å². The summed E-state index contributed by atoms with van der Waals surface area (Å²) in [6, 6.07) is 11.3. The van der Waals surface area contributed by atoms with Crippen molar-refractivity contribution in [3.63, 3.8) is 0 Å². The number of benzene rings is 1. The van der Waals surface area contributed by atoms with Gasteiger partial charge in [-0.25, -0.2) is 0 Å². The number of carbonyl (C=O) groups is 1. The first kappa shape index (κ1) is 12.3. The molecular formula is C16H13N3O. The molecule has 1 aromatic carbocycles. The number of aromatic nitrogens is 2. The number of pyridine rings is 2. The van der Waals surface area contributed by atoms with E-state index in [0.717, 1.165) is 16.3 Å². The van der Waals surface area contributed by atoms with Crippen LogP contribution >= 0.6 is 0 Å². The molecule has 0 radical (unpaired) electrons. The Balaban J connectivity index is 1.75. The van der Waals surface area contributed by atoms with Crippen LogP contribution in [0.15, 0.2) is 61.2 Å². The van der Waals surface area contributed by atoms with Gasteiger partial charge in [-0.15, -0.1) is 0 Å². The molecule has 20 heavy (non-hydrogen) atoms. The number of rotatable bonds is 3. The van der Waals surface area contributed by atoms with Gasteiger partial charge in [0.25, 0.3) is 5.91 Å². The molecule has 0 aliphatic rings. The summed E-state index contributed by atoms with van der Waals surface area (Å²) in [5, 5.41) is 4.93. The number of carbonyl (C=O) groups excluding carboxylic acids is 1. The second-order valence-electron chi connectivity index (χ2n) is 4.48. The van der Waals surface area contributed by atoms with E-state index in [1.165, 1.54) is 0 Å². The number of fused-ring (bicyclic) bond motifs is 1. The average molecular weight is 263 g/mol. The van der Waals surface area contributed by atoms with Crippen LogP contribution in [0, 0.1) is 0 Å². The number of hydrogen-bond acceptors (Lipinski definition) is 3. The van der Waals surface area contributed by atoms with Crippen molar-refractivity contribution in [3.8, 4) is 0 Å². The van der Waals surface area contributed by atoms with Crippen LogP contribution in [-0.2, 0) is 6.54 Å². The number of hydrogen-bond donors (Lipinski definition) is 1. The lowest BCUT2D eigenvalue weighted by molar-refractivity contribution is 0.0951. The molecule has 1 N–H and O–H groups in total. The first-order valence-corrected chi connectivity index (χ1v) is 6.34. The first-order valence-electron chi connectivity index (χ1n) is 6.34. The zero-order valence-corrected chi connectivity index (χ0v) is 10.8. The Bertz CT molecular complexity index is 741. The third-order valence-corrected chi connectivity index (χ3v) is 3.11. The highest BCUT2D eigenvalue weighted by Gasteiger charge is 2.06. The molecular weight excluding hydrogens is 250 g/mol. The fourth-order valence-electron chi connectivity index (χ4n) is 2.01. The van der Waals surface area contributed by atoms with E-state index in [4.69, 9.17) is 0 Å². The van der Waals surface area contributed by atoms with E-state index in [1.807, 2.05) is 36.4 Å². The van der Waals surface area contributed by atoms with Crippen molar-refractivity contribution in [2.24, 2.45) is 0 Å². The Hall–Kier alpha value is -2.75. The normalized spacial score (nSPS) is 10.4. The van der Waals surface area contributed by atoms with E-state index in [0.29, 0.717) is 12.1 Å². The fourth-order valence-corrected chi connectivity index (χ4v) is 2.01. The number of nitrogens with one attached hydrogen (secondary N) is 1. The Kier molecular flexibility index (Phi) is 3.37. The minimum Gasteiger partial charge on any atom is -0.348 e. The van der Waals surface area contributed by atoms with Crippen molar-refractivity contribution >= 4 is 16.7 Å². The third kappa shape index (κ3) is 2.64. The average Bonchev–Trinajstić information content (AvgIpc) is 2.53. The molecule has 0 bridgehead atoms. The zero-order chi connectivity index (χ0) is 13.8. The Morgan fingerprint density at radius 2 is 1.75 bits per heavy atom. The summed E-state index contributed by atoms with van der Waals surface area (Å²) in [6.07, 6.45) is 6.93. The molecule has 2 heterocycles. The Labute approximate surface area is 116 Å². The van der Waals surface area contributed by atoms with Gasteiger partial charge in [0.2, 0.25) is 0 Å². The highest BCUT2D eigenvalue weighted by atomic mass is 16.1. The summed E-state index contributed by atoms with van der Waals surface area (Å²) < 4.78 is 0. The second kappa shape index (κ2) is 5.48. The molecule has 98 valence electrons. The molecule has 4 nitrogen and oxygen atoms in total. The maximum Gasteiger partial charge on any atom is 0.251 e. The summed E-state index contributed by atoms with van der Waals surface area (Å²) in [5.74, 6) is -0.0828. The van der Waals surface area contributed by atoms with E-state index >= 15 is 0 Å². The molecule has 0 unspecified atom stereocenters. The van der Waals surface area contributed by atoms with Gasteiger partial charge in [-0.1, -0.05) is 6.07 Å². The van der Waals surface area contributed by atoms with Crippen molar-refractivity contribution in [1.29, 1.82) is 0 Å². The van der Waals surface area contributed by atoms with Gasteiger partial charge in [0, 0.05) is 42.3 Å². The molecule has 3 rings (SSSR count). The monoisotopic (exact) mass is 263 g/mol. The highest BCUT2D eigenvalue weighted by Crippen LogP contribution is 2.14. The molecule has 0 saturated heterocycles. The van der Waals surface area contributed by atoms with Crippen LogP contribution in [0.2, 0.25) is 0 Å². The van der Waals surface area contributed by atoms with Gasteiger partial charge < -0.3 is 5.32 Å². The molecule has 1 amide bonds. The quantitative estimate of drug-likeness (QED) is 0.790. The summed E-state index contributed by atoms with van der Waals surface area (Å²) in [6.45, 7) is 0.496. The molecule has 4 heteroatoms. The van der Waals surface area contributed by atoms with Gasteiger partial charge in [0.1, 0.15) is 0 Å². The topological polar surface area (TPSA) is 54.9 Å². The van der Waals surface area contributed by atoms with Crippen LogP contribution < -0.4 is 5.32 Å². The lowest BCUT2D eigenvalue weighted by Gasteiger charge is -2.06. The second-order valence-corrected chi connectivity index (χ2v) is 4.48. The van der Waals surface area contributed by atoms with Crippen LogP contribution in [-0.4, -0.2) is 15.9 Å². The molecule has 0 spiro atoms. The number of nitrogens with zero attached hydrogens (tertiary/aromatic N) is 2. The van der Waals surface area contributed by atoms with E-state index in [2.05, 4.69) is 15.3 Å². The van der Waals surface area contributed by atoms with Gasteiger partial charge >= 0.3 is 0 Å². The van der Waals surface area contributed by atoms with E-state index < -0.39 is 0 Å². The van der Waals surface area contributed by atoms with Crippen LogP contribution in [0.1, 0.15) is 15.9 Å². The zero-order valence-electron chi connectivity index (χ0n) is 10.8. The van der Waals surface area contributed by atoms with Crippen LogP contribution in [0.25, 0.3) is 10.8 Å². The van der Waals surface area contributed by atoms with Crippen molar-refractivity contribution in [2.75, 3.05) is 0 Å². The molecule has 0 saturated carbocycles. The van der Waals surface area contributed by atoms with E-state index in [9.17, 15) is 4.79 Å². The standard InChI is InChI=1S/C16H13N3O/c20-16(19-10-12-3-6-17-7-4-12)14-1-2-15-11-18-8-5-13(15)9-14/h1-9,11H,10H2,(H,19,20). The smallest absolute Gasteiger partial charge is 0.251 e. The minimum atomic E-state index is -0.0828. The lowest BCUT2D eigenvalue weighted by atomic mass is 10.1. The highest BCUT2D eigenvalue weighted by molar-refractivity contribution is 5.98. The van der Waals surface area contributed by atoms with Gasteiger partial charge in [-0.2, -0.15) is 0 Å². The van der Waals surface area contributed by atoms with E-state index in [1.54, 1.807) is 24.8 Å². The lowest BCUT2D eigenvalue weighted by Crippen LogP contribution is -2.22. The molecule has 3 aromatic rings. The van der Waals surface area contributed by atoms with Crippen LogP contribution in [0.5, 0.6) is 0 Å². The molecule has 2 aromatic heterocycles. The Morgan fingerprint density at radius 1 is 0.950 bits per heavy atom. The molecule has 0 aliphatic carbocycles. The Morgan fingerprint density at radius 3 is 2.60 bits per heavy atom. The number of amides is 1. The fraction of sp³-hybridized carbons (Fsp3) is 0.0625. The molecule has 0 atom stereocenters. The summed E-state index contributed by atoms with van der Waals surface area (Å²) >= 11 is 0. The molecule has 0 fully saturated rings. The van der Waals surface area contributed by atoms with Crippen LogP contribution in [0.4, 0.5) is 0 Å². The third-order valence-electron chi connectivity index (χ3n) is 3.11. The summed E-state index contributed by atoms with van der Waals surface area (Å²) in [5.41, 5.74) is 1.68. The predicted octanol–water partition coefficient (Wildman–Crippen LogP) is 2.56. The molecule has 0 aliphatic heterocycles. The van der Waals surface area contributed by atoms with Crippen LogP contribution in [0.3, 0.4) is 0 Å². The van der Waals surface area contributed by atoms with Crippen molar-refractivity contribution in [1.82, 2.24) is 15.3 Å². The first-order chi connectivity index (χ1) is 9.83. The van der Waals surface area contributed by atoms with Crippen molar-refractivity contribution < 1.29 is 4.79 Å². The SMILES string of the molecule is O=C(NCc1ccncc1)c1ccc2cnccc2c1. The van der Waals surface area contributed by atoms with E-state index in [-0.39, 0.29) is 5.91 Å². The van der Waals surface area contributed by atoms with Gasteiger partial charge in [0.05, 0.1) is 0 Å². The van der Waals surface area contributed by atoms with Gasteiger partial charge in [0.15, 0.2) is 0 Å². The maximum atomic E-state index is 12.1. The van der Waals surface area contributed by atoms with Crippen molar-refractivity contribution in [2.45, 2.75) is 6.54 Å². The summed E-state index contributed by atoms with van der Waals surface area (Å²) in [4.78, 5) is 20.1. The van der Waals surface area contributed by atoms with Gasteiger partial charge in [-0.3, -0.25) is 14.8 Å². The predicted molar refractivity (Wildman–Crippen MR) is 77.2 cm³/mol. The largest absolute Gasteiger partial charge is 0.348 e. The maximum absolute atomic E-state index is 12.1. The minimum absolute atomic E-state index is 0.0828.